The van der Waals surface area contributed by atoms with Gasteiger partial charge in [-0.15, -0.1) is 13.2 Å². The minimum atomic E-state index is -4.60. The number of alkyl halides is 3. The van der Waals surface area contributed by atoms with Gasteiger partial charge in [0, 0.05) is 11.1 Å². The molecule has 0 heterocycles. The first kappa shape index (κ1) is 20.2. The summed E-state index contributed by atoms with van der Waals surface area (Å²) in [5.41, 5.74) is 4.31. The van der Waals surface area contributed by atoms with Gasteiger partial charge in [-0.1, -0.05) is 48.6 Å². The number of nitrogens with two attached hydrogens (primary N) is 1. The van der Waals surface area contributed by atoms with Crippen LogP contribution in [-0.2, 0) is 6.18 Å². The summed E-state index contributed by atoms with van der Waals surface area (Å²) in [7, 11) is 0. The van der Waals surface area contributed by atoms with Gasteiger partial charge in [-0.2, -0.15) is 13.2 Å². The zero-order chi connectivity index (χ0) is 18.9. The molecule has 5 heteroatoms. The second-order valence-electron chi connectivity index (χ2n) is 5.11. The summed E-state index contributed by atoms with van der Waals surface area (Å²) >= 11 is 0. The summed E-state index contributed by atoms with van der Waals surface area (Å²) in [5, 5.41) is 0. The molecule has 0 saturated carbocycles. The van der Waals surface area contributed by atoms with Crippen molar-refractivity contribution in [3.63, 3.8) is 0 Å². The molecule has 0 aliphatic heterocycles. The lowest BCUT2D eigenvalue weighted by Crippen LogP contribution is -2.18. The average molecular weight is 347 g/mol. The van der Waals surface area contributed by atoms with Crippen molar-refractivity contribution in [1.29, 1.82) is 0 Å². The third-order valence-electron chi connectivity index (χ3n) is 3.28. The molecule has 25 heavy (non-hydrogen) atoms. The van der Waals surface area contributed by atoms with Gasteiger partial charge in [0.05, 0.1) is 5.56 Å². The van der Waals surface area contributed by atoms with E-state index in [4.69, 9.17) is 5.73 Å². The summed E-state index contributed by atoms with van der Waals surface area (Å²) in [4.78, 5) is 11.6. The molecule has 1 aromatic carbocycles. The van der Waals surface area contributed by atoms with E-state index in [0.717, 1.165) is 6.07 Å². The van der Waals surface area contributed by atoms with Crippen LogP contribution in [0.4, 0.5) is 13.2 Å². The summed E-state index contributed by atoms with van der Waals surface area (Å²) in [6.07, 6.45) is 7.88. The predicted molar refractivity (Wildman–Crippen MR) is 95.8 cm³/mol. The molecule has 0 saturated heterocycles. The summed E-state index contributed by atoms with van der Waals surface area (Å²) in [6, 6.07) is 3.40. The number of allylic oxidation sites excluding steroid dienone is 8. The van der Waals surface area contributed by atoms with Crippen LogP contribution < -0.4 is 5.73 Å². The van der Waals surface area contributed by atoms with Gasteiger partial charge in [-0.3, -0.25) is 4.79 Å². The number of carbonyl (C=O) groups excluding carboxylic acids is 1. The van der Waals surface area contributed by atoms with Gasteiger partial charge in [0.1, 0.15) is 0 Å². The number of halogens is 3. The van der Waals surface area contributed by atoms with Gasteiger partial charge >= 0.3 is 6.18 Å². The Morgan fingerprint density at radius 1 is 1.12 bits per heavy atom. The van der Waals surface area contributed by atoms with E-state index < -0.39 is 17.6 Å². The van der Waals surface area contributed by atoms with Crippen LogP contribution in [0.2, 0.25) is 0 Å². The lowest BCUT2D eigenvalue weighted by molar-refractivity contribution is -0.137. The molecular formula is C20H20F3NO. The zero-order valence-corrected chi connectivity index (χ0v) is 13.7. The second-order valence-corrected chi connectivity index (χ2v) is 5.11. The Kier molecular flexibility index (Phi) is 7.66. The van der Waals surface area contributed by atoms with Crippen LogP contribution in [0.25, 0.3) is 5.57 Å². The molecule has 132 valence electrons. The van der Waals surface area contributed by atoms with Crippen molar-refractivity contribution in [2.75, 3.05) is 0 Å². The van der Waals surface area contributed by atoms with Gasteiger partial charge in [-0.25, -0.2) is 0 Å². The van der Waals surface area contributed by atoms with Crippen molar-refractivity contribution in [2.24, 2.45) is 5.73 Å². The van der Waals surface area contributed by atoms with Crippen molar-refractivity contribution in [1.82, 2.24) is 0 Å². The predicted octanol–water partition coefficient (Wildman–Crippen LogP) is 5.45. The Morgan fingerprint density at radius 2 is 1.84 bits per heavy atom. The second kappa shape index (κ2) is 9.47. The van der Waals surface area contributed by atoms with E-state index in [1.165, 1.54) is 24.3 Å². The Balaban J connectivity index is 3.46. The number of hydrogen-bond donors (Lipinski definition) is 1. The van der Waals surface area contributed by atoms with E-state index in [1.54, 1.807) is 24.3 Å². The Labute approximate surface area is 145 Å². The fraction of sp³-hybridized carbons (Fsp3) is 0.150. The number of hydrogen-bond acceptors (Lipinski definition) is 1. The molecule has 0 aliphatic rings. The summed E-state index contributed by atoms with van der Waals surface area (Å²) in [5.74, 6) is -0.911. The number of carbonyl (C=O) groups is 1. The number of primary amides is 1. The van der Waals surface area contributed by atoms with Crippen LogP contribution in [0.1, 0.15) is 34.3 Å². The highest BCUT2D eigenvalue weighted by atomic mass is 19.4. The van der Waals surface area contributed by atoms with E-state index >= 15 is 0 Å². The molecule has 0 aromatic heterocycles. The third kappa shape index (κ3) is 5.95. The standard InChI is InChI=1S/C20H20F3NO/c1-3-5-6-7-8-9-12-15(11-4-2)18-16(19(24)25)13-10-14-17(18)20(21,22)23/h3-4,6-10,12-14H,1-2,5,11H2,(H2,24,25). The molecule has 0 bridgehead atoms. The smallest absolute Gasteiger partial charge is 0.366 e. The molecule has 1 rings (SSSR count). The van der Waals surface area contributed by atoms with Crippen LogP contribution in [-0.4, -0.2) is 5.91 Å². The summed E-state index contributed by atoms with van der Waals surface area (Å²) < 4.78 is 40.1. The van der Waals surface area contributed by atoms with E-state index in [2.05, 4.69) is 13.2 Å². The van der Waals surface area contributed by atoms with E-state index in [9.17, 15) is 18.0 Å². The van der Waals surface area contributed by atoms with Crippen molar-refractivity contribution in [3.8, 4) is 0 Å². The Morgan fingerprint density at radius 3 is 2.40 bits per heavy atom. The highest BCUT2D eigenvalue weighted by Crippen LogP contribution is 2.37. The van der Waals surface area contributed by atoms with Crippen LogP contribution in [0.5, 0.6) is 0 Å². The van der Waals surface area contributed by atoms with E-state index in [-0.39, 0.29) is 17.5 Å². The molecule has 0 aliphatic carbocycles. The average Bonchev–Trinajstić information content (AvgIpc) is 2.55. The van der Waals surface area contributed by atoms with E-state index in [0.29, 0.717) is 12.0 Å². The molecule has 2 N–H and O–H groups in total. The molecule has 1 aromatic rings. The van der Waals surface area contributed by atoms with Crippen LogP contribution in [0, 0.1) is 0 Å². The third-order valence-corrected chi connectivity index (χ3v) is 3.28. The van der Waals surface area contributed by atoms with Gasteiger partial charge in [0.15, 0.2) is 0 Å². The molecule has 0 spiro atoms. The highest BCUT2D eigenvalue weighted by Gasteiger charge is 2.35. The molecule has 0 unspecified atom stereocenters. The fourth-order valence-electron chi connectivity index (χ4n) is 2.24. The Bertz CT molecular complexity index is 725. The lowest BCUT2D eigenvalue weighted by atomic mass is 9.91. The number of rotatable bonds is 8. The molecule has 2 nitrogen and oxygen atoms in total. The van der Waals surface area contributed by atoms with Crippen molar-refractivity contribution in [2.45, 2.75) is 19.0 Å². The fourth-order valence-corrected chi connectivity index (χ4v) is 2.24. The SMILES string of the molecule is C=CCC=CC=CC=C(CC=C)c1c(C(N)=O)cccc1C(F)(F)F. The van der Waals surface area contributed by atoms with Crippen LogP contribution in [0.3, 0.4) is 0 Å². The largest absolute Gasteiger partial charge is 0.417 e. The van der Waals surface area contributed by atoms with Gasteiger partial charge in [0.25, 0.3) is 0 Å². The zero-order valence-electron chi connectivity index (χ0n) is 13.7. The van der Waals surface area contributed by atoms with Crippen LogP contribution >= 0.6 is 0 Å². The maximum atomic E-state index is 13.4. The molecule has 1 amide bonds. The van der Waals surface area contributed by atoms with Gasteiger partial charge in [0.2, 0.25) is 5.91 Å². The lowest BCUT2D eigenvalue weighted by Gasteiger charge is -2.17. The molecule has 0 radical (unpaired) electrons. The normalized spacial score (nSPS) is 12.7. The quantitative estimate of drug-likeness (QED) is 0.493. The Hall–Kier alpha value is -2.82. The monoisotopic (exact) mass is 347 g/mol. The van der Waals surface area contributed by atoms with E-state index in [1.807, 2.05) is 6.08 Å². The van der Waals surface area contributed by atoms with Crippen molar-refractivity contribution >= 4 is 11.5 Å². The number of amides is 1. The molecule has 0 fully saturated rings. The van der Waals surface area contributed by atoms with Crippen molar-refractivity contribution in [3.05, 3.63) is 90.6 Å². The van der Waals surface area contributed by atoms with Crippen LogP contribution in [0.15, 0.2) is 73.9 Å². The van der Waals surface area contributed by atoms with Gasteiger partial charge < -0.3 is 5.73 Å². The molecule has 0 atom stereocenters. The van der Waals surface area contributed by atoms with Crippen molar-refractivity contribution < 1.29 is 18.0 Å². The first-order valence-electron chi connectivity index (χ1n) is 7.57. The number of benzene rings is 1. The summed E-state index contributed by atoms with van der Waals surface area (Å²) in [6.45, 7) is 7.15. The topological polar surface area (TPSA) is 43.1 Å². The maximum Gasteiger partial charge on any atom is 0.417 e. The van der Waals surface area contributed by atoms with Gasteiger partial charge in [-0.05, 0) is 30.5 Å². The molecular weight excluding hydrogens is 327 g/mol. The first-order chi connectivity index (χ1) is 11.8. The highest BCUT2D eigenvalue weighted by molar-refractivity contribution is 5.99. The maximum absolute atomic E-state index is 13.4. The first-order valence-corrected chi connectivity index (χ1v) is 7.57. The minimum absolute atomic E-state index is 0.161. The minimum Gasteiger partial charge on any atom is -0.366 e.